The number of carbonyl (C=O) groups is 1. The molecule has 1 aliphatic heterocycles. The first-order chi connectivity index (χ1) is 6.70. The third-order valence-corrected chi connectivity index (χ3v) is 2.62. The summed E-state index contributed by atoms with van der Waals surface area (Å²) in [5, 5.41) is 0. The summed E-state index contributed by atoms with van der Waals surface area (Å²) >= 11 is 0. The molecule has 0 saturated carbocycles. The molecule has 1 aromatic heterocycles. The number of pyridine rings is 1. The van der Waals surface area contributed by atoms with Gasteiger partial charge in [-0.05, 0) is 12.1 Å². The van der Waals surface area contributed by atoms with E-state index in [-0.39, 0.29) is 18.0 Å². The lowest BCUT2D eigenvalue weighted by atomic mass is 10.1. The topological polar surface area (TPSA) is 59.2 Å². The van der Waals surface area contributed by atoms with Crippen molar-refractivity contribution >= 4 is 5.91 Å². The molecule has 2 atom stereocenters. The highest BCUT2D eigenvalue weighted by Gasteiger charge is 2.36. The van der Waals surface area contributed by atoms with Crippen LogP contribution in [0.1, 0.15) is 18.2 Å². The Balaban J connectivity index is 2.31. The Hall–Kier alpha value is -1.42. The smallest absolute Gasteiger partial charge is 0.224 e. The summed E-state index contributed by atoms with van der Waals surface area (Å²) in [4.78, 5) is 17.3. The Kier molecular flexibility index (Phi) is 2.21. The Labute approximate surface area is 82.7 Å². The lowest BCUT2D eigenvalue weighted by Gasteiger charge is -2.21. The van der Waals surface area contributed by atoms with Crippen LogP contribution in [-0.2, 0) is 4.79 Å². The van der Waals surface area contributed by atoms with Gasteiger partial charge in [0.1, 0.15) is 0 Å². The van der Waals surface area contributed by atoms with Crippen LogP contribution in [0.5, 0.6) is 0 Å². The average Bonchev–Trinajstić information content (AvgIpc) is 2.43. The highest BCUT2D eigenvalue weighted by atomic mass is 16.2. The van der Waals surface area contributed by atoms with Gasteiger partial charge < -0.3 is 10.6 Å². The molecular weight excluding hydrogens is 178 g/mol. The van der Waals surface area contributed by atoms with E-state index in [2.05, 4.69) is 4.98 Å². The minimum atomic E-state index is -0.137. The summed E-state index contributed by atoms with van der Waals surface area (Å²) in [5.41, 5.74) is 6.76. The molecule has 2 N–H and O–H groups in total. The van der Waals surface area contributed by atoms with E-state index in [1.165, 1.54) is 0 Å². The van der Waals surface area contributed by atoms with Crippen molar-refractivity contribution in [1.29, 1.82) is 0 Å². The van der Waals surface area contributed by atoms with E-state index in [0.717, 1.165) is 5.69 Å². The highest BCUT2D eigenvalue weighted by molar-refractivity contribution is 5.79. The summed E-state index contributed by atoms with van der Waals surface area (Å²) in [7, 11) is 1.77. The molecule has 0 aromatic carbocycles. The van der Waals surface area contributed by atoms with Gasteiger partial charge in [0.15, 0.2) is 0 Å². The van der Waals surface area contributed by atoms with Crippen LogP contribution < -0.4 is 5.73 Å². The summed E-state index contributed by atoms with van der Waals surface area (Å²) in [6.07, 6.45) is 2.14. The predicted octanol–water partition coefficient (Wildman–Crippen LogP) is 0.312. The van der Waals surface area contributed by atoms with Gasteiger partial charge in [0, 0.05) is 25.7 Å². The van der Waals surface area contributed by atoms with E-state index >= 15 is 0 Å². The van der Waals surface area contributed by atoms with Crippen LogP contribution in [0.4, 0.5) is 0 Å². The van der Waals surface area contributed by atoms with Gasteiger partial charge in [-0.2, -0.15) is 0 Å². The van der Waals surface area contributed by atoms with Crippen molar-refractivity contribution in [2.24, 2.45) is 5.73 Å². The van der Waals surface area contributed by atoms with Crippen molar-refractivity contribution in [2.45, 2.75) is 18.5 Å². The SMILES string of the molecule is CN1C(=O)CC(N)C1c1ccccn1. The Morgan fingerprint density at radius 1 is 1.57 bits per heavy atom. The summed E-state index contributed by atoms with van der Waals surface area (Å²) < 4.78 is 0. The highest BCUT2D eigenvalue weighted by Crippen LogP contribution is 2.28. The second-order valence-electron chi connectivity index (χ2n) is 3.57. The molecule has 0 spiro atoms. The predicted molar refractivity (Wildman–Crippen MR) is 52.3 cm³/mol. The second kappa shape index (κ2) is 3.38. The van der Waals surface area contributed by atoms with Crippen LogP contribution >= 0.6 is 0 Å². The second-order valence-corrected chi connectivity index (χ2v) is 3.57. The van der Waals surface area contributed by atoms with E-state index in [1.54, 1.807) is 18.1 Å². The van der Waals surface area contributed by atoms with Crippen LogP contribution in [0.3, 0.4) is 0 Å². The molecule has 0 bridgehead atoms. The summed E-state index contributed by atoms with van der Waals surface area (Å²) in [5.74, 6) is 0.0909. The van der Waals surface area contributed by atoms with Gasteiger partial charge >= 0.3 is 0 Å². The normalized spacial score (nSPS) is 27.0. The molecule has 0 radical (unpaired) electrons. The summed E-state index contributed by atoms with van der Waals surface area (Å²) in [6, 6.07) is 5.46. The zero-order valence-corrected chi connectivity index (χ0v) is 8.05. The van der Waals surface area contributed by atoms with Crippen LogP contribution in [-0.4, -0.2) is 28.9 Å². The van der Waals surface area contributed by atoms with Crippen LogP contribution in [0, 0.1) is 0 Å². The van der Waals surface area contributed by atoms with Crippen molar-refractivity contribution in [1.82, 2.24) is 9.88 Å². The van der Waals surface area contributed by atoms with E-state index in [4.69, 9.17) is 5.73 Å². The van der Waals surface area contributed by atoms with Crippen molar-refractivity contribution in [3.8, 4) is 0 Å². The third kappa shape index (κ3) is 1.37. The van der Waals surface area contributed by atoms with E-state index in [0.29, 0.717) is 6.42 Å². The van der Waals surface area contributed by atoms with Gasteiger partial charge in [-0.1, -0.05) is 6.07 Å². The first-order valence-electron chi connectivity index (χ1n) is 4.62. The number of rotatable bonds is 1. The molecule has 14 heavy (non-hydrogen) atoms. The molecule has 1 amide bonds. The third-order valence-electron chi connectivity index (χ3n) is 2.62. The van der Waals surface area contributed by atoms with Gasteiger partial charge in [0.2, 0.25) is 5.91 Å². The van der Waals surface area contributed by atoms with Crippen molar-refractivity contribution in [3.63, 3.8) is 0 Å². The fraction of sp³-hybridized carbons (Fsp3) is 0.400. The number of likely N-dealkylation sites (N-methyl/N-ethyl adjacent to an activating group) is 1. The fourth-order valence-corrected chi connectivity index (χ4v) is 1.87. The van der Waals surface area contributed by atoms with E-state index in [1.807, 2.05) is 18.2 Å². The van der Waals surface area contributed by atoms with Gasteiger partial charge in [-0.3, -0.25) is 9.78 Å². The first kappa shape index (κ1) is 9.15. The number of nitrogens with zero attached hydrogens (tertiary/aromatic N) is 2. The quantitative estimate of drug-likeness (QED) is 0.695. The van der Waals surface area contributed by atoms with Crippen LogP contribution in [0.2, 0.25) is 0 Å². The Bertz CT molecular complexity index is 338. The molecule has 0 aliphatic carbocycles. The molecule has 4 nitrogen and oxygen atoms in total. The Morgan fingerprint density at radius 3 is 2.86 bits per heavy atom. The zero-order valence-electron chi connectivity index (χ0n) is 8.05. The largest absolute Gasteiger partial charge is 0.335 e. The van der Waals surface area contributed by atoms with E-state index < -0.39 is 0 Å². The number of likely N-dealkylation sites (tertiary alicyclic amines) is 1. The number of hydrogen-bond donors (Lipinski definition) is 1. The van der Waals surface area contributed by atoms with Crippen LogP contribution in [0.15, 0.2) is 24.4 Å². The molecule has 74 valence electrons. The molecule has 2 rings (SSSR count). The molecule has 4 heteroatoms. The van der Waals surface area contributed by atoms with Gasteiger partial charge in [0.05, 0.1) is 11.7 Å². The Morgan fingerprint density at radius 2 is 2.36 bits per heavy atom. The number of aromatic nitrogens is 1. The minimum absolute atomic E-state index is 0.0660. The molecule has 1 saturated heterocycles. The number of nitrogens with two attached hydrogens (primary N) is 1. The standard InChI is InChI=1S/C10H13N3O/c1-13-9(14)6-7(11)10(13)8-4-2-3-5-12-8/h2-5,7,10H,6,11H2,1H3. The molecule has 1 aliphatic rings. The molecule has 1 aromatic rings. The maximum absolute atomic E-state index is 11.4. The van der Waals surface area contributed by atoms with E-state index in [9.17, 15) is 4.79 Å². The average molecular weight is 191 g/mol. The molecule has 2 unspecified atom stereocenters. The minimum Gasteiger partial charge on any atom is -0.335 e. The fourth-order valence-electron chi connectivity index (χ4n) is 1.87. The maximum atomic E-state index is 11.4. The van der Waals surface area contributed by atoms with Crippen molar-refractivity contribution in [3.05, 3.63) is 30.1 Å². The number of carbonyl (C=O) groups excluding carboxylic acids is 1. The van der Waals surface area contributed by atoms with Gasteiger partial charge in [-0.25, -0.2) is 0 Å². The lowest BCUT2D eigenvalue weighted by molar-refractivity contribution is -0.127. The lowest BCUT2D eigenvalue weighted by Crippen LogP contribution is -2.30. The first-order valence-corrected chi connectivity index (χ1v) is 4.62. The maximum Gasteiger partial charge on any atom is 0.224 e. The molecule has 1 fully saturated rings. The van der Waals surface area contributed by atoms with Crippen molar-refractivity contribution in [2.75, 3.05) is 7.05 Å². The van der Waals surface area contributed by atoms with Gasteiger partial charge in [-0.15, -0.1) is 0 Å². The summed E-state index contributed by atoms with van der Waals surface area (Å²) in [6.45, 7) is 0. The van der Waals surface area contributed by atoms with Crippen LogP contribution in [0.25, 0.3) is 0 Å². The zero-order chi connectivity index (χ0) is 10.1. The number of hydrogen-bond acceptors (Lipinski definition) is 3. The van der Waals surface area contributed by atoms with Crippen molar-refractivity contribution < 1.29 is 4.79 Å². The monoisotopic (exact) mass is 191 g/mol. The number of amides is 1. The molecule has 2 heterocycles. The van der Waals surface area contributed by atoms with Gasteiger partial charge in [0.25, 0.3) is 0 Å². The molecular formula is C10H13N3O.